The first-order valence-corrected chi connectivity index (χ1v) is 5.40. The van der Waals surface area contributed by atoms with Gasteiger partial charge < -0.3 is 15.3 Å². The van der Waals surface area contributed by atoms with Crippen LogP contribution in [0.15, 0.2) is 12.4 Å². The number of amides is 2. The molecule has 0 saturated heterocycles. The molecule has 17 heavy (non-hydrogen) atoms. The van der Waals surface area contributed by atoms with Crippen LogP contribution in [0.1, 0.15) is 18.4 Å². The van der Waals surface area contributed by atoms with E-state index < -0.39 is 5.97 Å². The summed E-state index contributed by atoms with van der Waals surface area (Å²) in [4.78, 5) is 23.8. The Balaban J connectivity index is 1.85. The molecule has 1 aromatic rings. The molecule has 0 bridgehead atoms. The van der Waals surface area contributed by atoms with Crippen molar-refractivity contribution >= 4 is 12.0 Å². The molecule has 0 atom stereocenters. The van der Waals surface area contributed by atoms with Crippen molar-refractivity contribution in [3.05, 3.63) is 18.0 Å². The normalized spacial score (nSPS) is 14.4. The first-order chi connectivity index (χ1) is 8.16. The minimum absolute atomic E-state index is 0.0791. The number of hydrogen-bond acceptors (Lipinski definition) is 3. The Bertz CT molecular complexity index is 400. The number of H-pyrrole nitrogens is 1. The molecule has 1 aromatic heterocycles. The summed E-state index contributed by atoms with van der Waals surface area (Å²) in [5.74, 6) is -0.990. The maximum absolute atomic E-state index is 11.8. The number of aliphatic carboxylic acids is 1. The zero-order chi connectivity index (χ0) is 12.3. The molecular weight excluding hydrogens is 224 g/mol. The van der Waals surface area contributed by atoms with Gasteiger partial charge in [0, 0.05) is 24.3 Å². The maximum Gasteiger partial charge on any atom is 0.323 e. The molecule has 0 aromatic carbocycles. The van der Waals surface area contributed by atoms with Crippen LogP contribution in [0.3, 0.4) is 0 Å². The van der Waals surface area contributed by atoms with E-state index in [4.69, 9.17) is 5.11 Å². The van der Waals surface area contributed by atoms with Crippen LogP contribution in [0.5, 0.6) is 0 Å². The molecule has 92 valence electrons. The third-order valence-corrected chi connectivity index (χ3v) is 2.55. The fourth-order valence-electron chi connectivity index (χ4n) is 1.55. The van der Waals surface area contributed by atoms with Crippen molar-refractivity contribution < 1.29 is 14.7 Å². The van der Waals surface area contributed by atoms with Gasteiger partial charge >= 0.3 is 12.0 Å². The molecule has 2 amide bonds. The first-order valence-electron chi connectivity index (χ1n) is 5.40. The molecule has 7 heteroatoms. The average Bonchev–Trinajstić information content (AvgIpc) is 2.99. The molecule has 0 spiro atoms. The fraction of sp³-hybridized carbons (Fsp3) is 0.500. The van der Waals surface area contributed by atoms with E-state index in [1.165, 1.54) is 4.90 Å². The van der Waals surface area contributed by atoms with E-state index >= 15 is 0 Å². The zero-order valence-electron chi connectivity index (χ0n) is 9.22. The van der Waals surface area contributed by atoms with Crippen molar-refractivity contribution in [3.8, 4) is 0 Å². The van der Waals surface area contributed by atoms with Gasteiger partial charge in [0.15, 0.2) is 0 Å². The van der Waals surface area contributed by atoms with Crippen LogP contribution < -0.4 is 5.32 Å². The summed E-state index contributed by atoms with van der Waals surface area (Å²) in [6.07, 6.45) is 5.05. The summed E-state index contributed by atoms with van der Waals surface area (Å²) in [6, 6.07) is -0.258. The van der Waals surface area contributed by atoms with Crippen LogP contribution in [0, 0.1) is 0 Å². The number of urea groups is 1. The molecule has 2 rings (SSSR count). The van der Waals surface area contributed by atoms with E-state index in [1.807, 2.05) is 0 Å². The third-order valence-electron chi connectivity index (χ3n) is 2.55. The highest BCUT2D eigenvalue weighted by molar-refractivity contribution is 5.80. The fourth-order valence-corrected chi connectivity index (χ4v) is 1.55. The van der Waals surface area contributed by atoms with Crippen LogP contribution in [0.4, 0.5) is 4.79 Å². The Kier molecular flexibility index (Phi) is 3.27. The van der Waals surface area contributed by atoms with Crippen LogP contribution in [-0.2, 0) is 11.3 Å². The largest absolute Gasteiger partial charge is 0.480 e. The summed E-state index contributed by atoms with van der Waals surface area (Å²) in [7, 11) is 0. The van der Waals surface area contributed by atoms with Crippen molar-refractivity contribution in [1.29, 1.82) is 0 Å². The van der Waals surface area contributed by atoms with E-state index in [0.29, 0.717) is 6.54 Å². The van der Waals surface area contributed by atoms with Crippen LogP contribution >= 0.6 is 0 Å². The van der Waals surface area contributed by atoms with Crippen LogP contribution in [0.2, 0.25) is 0 Å². The number of hydrogen-bond donors (Lipinski definition) is 3. The lowest BCUT2D eigenvalue weighted by Gasteiger charge is -2.20. The van der Waals surface area contributed by atoms with E-state index in [9.17, 15) is 9.59 Å². The summed E-state index contributed by atoms with van der Waals surface area (Å²) < 4.78 is 0. The number of carbonyl (C=O) groups excluding carboxylic acids is 1. The molecule has 1 aliphatic carbocycles. The van der Waals surface area contributed by atoms with Crippen molar-refractivity contribution in [2.75, 3.05) is 6.54 Å². The number of aromatic amines is 1. The number of rotatable bonds is 5. The second-order valence-corrected chi connectivity index (χ2v) is 4.02. The Hall–Kier alpha value is -2.05. The Labute approximate surface area is 97.8 Å². The molecule has 0 aliphatic heterocycles. The highest BCUT2D eigenvalue weighted by Crippen LogP contribution is 2.26. The van der Waals surface area contributed by atoms with Gasteiger partial charge in [0.2, 0.25) is 0 Å². The third kappa shape index (κ3) is 3.20. The second-order valence-electron chi connectivity index (χ2n) is 4.02. The van der Waals surface area contributed by atoms with Gasteiger partial charge in [-0.15, -0.1) is 0 Å². The lowest BCUT2D eigenvalue weighted by Crippen LogP contribution is -2.43. The van der Waals surface area contributed by atoms with Crippen LogP contribution in [0.25, 0.3) is 0 Å². The Morgan fingerprint density at radius 1 is 1.59 bits per heavy atom. The van der Waals surface area contributed by atoms with Gasteiger partial charge in [-0.1, -0.05) is 0 Å². The van der Waals surface area contributed by atoms with Crippen LogP contribution in [-0.4, -0.2) is 44.8 Å². The molecule has 0 radical (unpaired) electrons. The molecule has 1 saturated carbocycles. The number of nitrogens with one attached hydrogen (secondary N) is 2. The minimum atomic E-state index is -0.990. The number of aromatic nitrogens is 2. The second kappa shape index (κ2) is 4.86. The van der Waals surface area contributed by atoms with Crippen molar-refractivity contribution in [3.63, 3.8) is 0 Å². The molecule has 1 aliphatic rings. The van der Waals surface area contributed by atoms with Gasteiger partial charge in [-0.05, 0) is 12.8 Å². The Morgan fingerprint density at radius 2 is 2.35 bits per heavy atom. The molecule has 0 unspecified atom stereocenters. The molecule has 1 heterocycles. The molecule has 7 nitrogen and oxygen atoms in total. The molecule has 3 N–H and O–H groups in total. The van der Waals surface area contributed by atoms with E-state index in [2.05, 4.69) is 15.5 Å². The summed E-state index contributed by atoms with van der Waals surface area (Å²) in [5, 5.41) is 17.8. The van der Waals surface area contributed by atoms with Gasteiger partial charge in [-0.3, -0.25) is 9.89 Å². The van der Waals surface area contributed by atoms with E-state index in [1.54, 1.807) is 12.4 Å². The predicted octanol–water partition coefficient (Wildman–Crippen LogP) is 0.168. The standard InChI is InChI=1S/C10H14N4O3/c15-9(16)6-14(8-1-2-8)10(17)11-3-7-4-12-13-5-7/h4-5,8H,1-3,6H2,(H,11,17)(H,12,13)(H,15,16). The van der Waals surface area contributed by atoms with Gasteiger partial charge in [-0.25, -0.2) is 4.79 Å². The minimum Gasteiger partial charge on any atom is -0.480 e. The number of carboxylic acids is 1. The summed E-state index contributed by atoms with van der Waals surface area (Å²) in [6.45, 7) is 0.0973. The summed E-state index contributed by atoms with van der Waals surface area (Å²) in [5.41, 5.74) is 0.851. The van der Waals surface area contributed by atoms with Gasteiger partial charge in [-0.2, -0.15) is 5.10 Å². The predicted molar refractivity (Wildman–Crippen MR) is 58.2 cm³/mol. The number of nitrogens with zero attached hydrogens (tertiary/aromatic N) is 2. The van der Waals surface area contributed by atoms with E-state index in [-0.39, 0.29) is 18.6 Å². The smallest absolute Gasteiger partial charge is 0.323 e. The first kappa shape index (κ1) is 11.4. The number of carbonyl (C=O) groups is 2. The van der Waals surface area contributed by atoms with Gasteiger partial charge in [0.25, 0.3) is 0 Å². The average molecular weight is 238 g/mol. The highest BCUT2D eigenvalue weighted by Gasteiger charge is 2.33. The quantitative estimate of drug-likeness (QED) is 0.681. The van der Waals surface area contributed by atoms with Crippen molar-refractivity contribution in [2.24, 2.45) is 0 Å². The van der Waals surface area contributed by atoms with E-state index in [0.717, 1.165) is 18.4 Å². The van der Waals surface area contributed by atoms with Gasteiger partial charge in [0.05, 0.1) is 6.20 Å². The topological polar surface area (TPSA) is 98.3 Å². The monoisotopic (exact) mass is 238 g/mol. The lowest BCUT2D eigenvalue weighted by atomic mass is 10.3. The maximum atomic E-state index is 11.8. The van der Waals surface area contributed by atoms with Gasteiger partial charge in [0.1, 0.15) is 6.54 Å². The van der Waals surface area contributed by atoms with Crippen molar-refractivity contribution in [2.45, 2.75) is 25.4 Å². The molecular formula is C10H14N4O3. The summed E-state index contributed by atoms with van der Waals surface area (Å²) >= 11 is 0. The highest BCUT2D eigenvalue weighted by atomic mass is 16.4. The lowest BCUT2D eigenvalue weighted by molar-refractivity contribution is -0.137. The number of carboxylic acid groups (broad SMARTS) is 1. The molecule has 1 fully saturated rings. The Morgan fingerprint density at radius 3 is 2.88 bits per heavy atom. The zero-order valence-corrected chi connectivity index (χ0v) is 9.22. The van der Waals surface area contributed by atoms with Crippen molar-refractivity contribution in [1.82, 2.24) is 20.4 Å². The SMILES string of the molecule is O=C(O)CN(C(=O)NCc1cn[nH]c1)C1CC1.